The first kappa shape index (κ1) is 22.5. The molecular weight excluding hydrogens is 451 g/mol. The lowest BCUT2D eigenvalue weighted by Gasteiger charge is -2.14. The van der Waals surface area contributed by atoms with Crippen LogP contribution in [0.25, 0.3) is 0 Å². The molecule has 0 aliphatic rings. The molecule has 0 heterocycles. The molecule has 0 aromatic heterocycles. The number of carbonyl (C=O) groups excluding carboxylic acids is 1. The number of nitrogens with one attached hydrogen (secondary N) is 3. The minimum Gasteiger partial charge on any atom is -0.504 e. The van der Waals surface area contributed by atoms with E-state index in [-0.39, 0.29) is 39.5 Å². The fraction of sp³-hybridized carbons (Fsp3) is 0.188. The van der Waals surface area contributed by atoms with Gasteiger partial charge in [0.05, 0.1) is 26.4 Å². The molecule has 2 aromatic carbocycles. The first-order chi connectivity index (χ1) is 13.2. The van der Waals surface area contributed by atoms with Crippen LogP contribution in [0.5, 0.6) is 5.75 Å². The summed E-state index contributed by atoms with van der Waals surface area (Å²) >= 11 is 17.8. The standard InChI is InChI=1S/C16H17Cl3N4O4S/c17-9-3-1-4-11(13(9)19)22-16(25)23-12-6-5-10(18)15(14(12)24)28(26,27)21-8-2-7-20/h1,3-6,21,24H,2,7-8,20H2,(H2,22,23,25). The highest BCUT2D eigenvalue weighted by atomic mass is 35.5. The van der Waals surface area contributed by atoms with Crippen molar-refractivity contribution in [3.05, 3.63) is 45.4 Å². The van der Waals surface area contributed by atoms with Crippen molar-refractivity contribution in [1.29, 1.82) is 0 Å². The molecule has 12 heteroatoms. The van der Waals surface area contributed by atoms with Crippen LogP contribution in [0.4, 0.5) is 16.2 Å². The van der Waals surface area contributed by atoms with Crippen molar-refractivity contribution in [3.8, 4) is 5.75 Å². The first-order valence-electron chi connectivity index (χ1n) is 7.90. The molecule has 2 aromatic rings. The number of nitrogens with two attached hydrogens (primary N) is 1. The van der Waals surface area contributed by atoms with Crippen molar-refractivity contribution in [2.24, 2.45) is 5.73 Å². The fourth-order valence-electron chi connectivity index (χ4n) is 2.16. The SMILES string of the molecule is NCCCNS(=O)(=O)c1c(Cl)ccc(NC(=O)Nc2cccc(Cl)c2Cl)c1O. The van der Waals surface area contributed by atoms with Crippen molar-refractivity contribution >= 4 is 62.2 Å². The van der Waals surface area contributed by atoms with Crippen LogP contribution in [0.1, 0.15) is 6.42 Å². The molecule has 0 aliphatic heterocycles. The van der Waals surface area contributed by atoms with Gasteiger partial charge in [-0.2, -0.15) is 0 Å². The number of sulfonamides is 1. The normalized spacial score (nSPS) is 11.3. The Morgan fingerprint density at radius 2 is 1.71 bits per heavy atom. The Morgan fingerprint density at radius 1 is 1.04 bits per heavy atom. The van der Waals surface area contributed by atoms with Crippen LogP contribution in [0.2, 0.25) is 15.1 Å². The molecule has 0 saturated heterocycles. The second-order valence-corrected chi connectivity index (χ2v) is 8.39. The lowest BCUT2D eigenvalue weighted by atomic mass is 10.3. The van der Waals surface area contributed by atoms with Crippen LogP contribution in [0, 0.1) is 0 Å². The number of hydrogen-bond acceptors (Lipinski definition) is 5. The number of aromatic hydroxyl groups is 1. The third-order valence-electron chi connectivity index (χ3n) is 3.47. The van der Waals surface area contributed by atoms with Gasteiger partial charge in [0.25, 0.3) is 0 Å². The summed E-state index contributed by atoms with van der Waals surface area (Å²) in [4.78, 5) is 11.7. The number of amides is 2. The third-order valence-corrected chi connectivity index (χ3v) is 6.25. The van der Waals surface area contributed by atoms with Crippen LogP contribution in [-0.4, -0.2) is 32.6 Å². The van der Waals surface area contributed by atoms with E-state index < -0.39 is 26.7 Å². The van der Waals surface area contributed by atoms with Gasteiger partial charge in [-0.15, -0.1) is 0 Å². The summed E-state index contributed by atoms with van der Waals surface area (Å²) in [6.07, 6.45) is 0.401. The Balaban J connectivity index is 2.25. The highest BCUT2D eigenvalue weighted by molar-refractivity contribution is 7.89. The number of benzene rings is 2. The van der Waals surface area contributed by atoms with Gasteiger partial charge in [0, 0.05) is 6.54 Å². The smallest absolute Gasteiger partial charge is 0.323 e. The molecule has 152 valence electrons. The summed E-state index contributed by atoms with van der Waals surface area (Å²) in [6, 6.07) is 6.37. The van der Waals surface area contributed by atoms with Crippen LogP contribution >= 0.6 is 34.8 Å². The van der Waals surface area contributed by atoms with E-state index in [4.69, 9.17) is 40.5 Å². The zero-order chi connectivity index (χ0) is 20.9. The Bertz CT molecular complexity index is 986. The van der Waals surface area contributed by atoms with Crippen molar-refractivity contribution in [3.63, 3.8) is 0 Å². The molecule has 0 spiro atoms. The molecule has 0 fully saturated rings. The number of phenolic OH excluding ortho intramolecular Hbond substituents is 1. The maximum atomic E-state index is 12.4. The summed E-state index contributed by atoms with van der Waals surface area (Å²) in [7, 11) is -4.12. The van der Waals surface area contributed by atoms with Crippen molar-refractivity contribution in [2.45, 2.75) is 11.3 Å². The second-order valence-electron chi connectivity index (χ2n) is 5.49. The van der Waals surface area contributed by atoms with Gasteiger partial charge in [0.15, 0.2) is 5.75 Å². The van der Waals surface area contributed by atoms with Gasteiger partial charge in [-0.3, -0.25) is 0 Å². The number of urea groups is 1. The molecule has 0 radical (unpaired) electrons. The molecule has 0 atom stereocenters. The topological polar surface area (TPSA) is 134 Å². The summed E-state index contributed by atoms with van der Waals surface area (Å²) < 4.78 is 27.1. The molecule has 28 heavy (non-hydrogen) atoms. The first-order valence-corrected chi connectivity index (χ1v) is 10.5. The van der Waals surface area contributed by atoms with Crippen LogP contribution in [-0.2, 0) is 10.0 Å². The second kappa shape index (κ2) is 9.64. The predicted molar refractivity (Wildman–Crippen MR) is 111 cm³/mol. The van der Waals surface area contributed by atoms with Crippen LogP contribution < -0.4 is 21.1 Å². The Morgan fingerprint density at radius 3 is 2.39 bits per heavy atom. The quantitative estimate of drug-likeness (QED) is 0.313. The van der Waals surface area contributed by atoms with Crippen LogP contribution in [0.3, 0.4) is 0 Å². The average molecular weight is 468 g/mol. The van der Waals surface area contributed by atoms with Gasteiger partial charge in [-0.25, -0.2) is 17.9 Å². The molecule has 2 rings (SSSR count). The number of hydrogen-bond donors (Lipinski definition) is 5. The average Bonchev–Trinajstić information content (AvgIpc) is 2.61. The predicted octanol–water partition coefficient (Wildman–Crippen LogP) is 3.62. The van der Waals surface area contributed by atoms with E-state index in [1.54, 1.807) is 12.1 Å². The summed E-state index contributed by atoms with van der Waals surface area (Å²) in [5, 5.41) is 15.3. The minimum atomic E-state index is -4.12. The van der Waals surface area contributed by atoms with E-state index in [2.05, 4.69) is 15.4 Å². The third kappa shape index (κ3) is 5.40. The van der Waals surface area contributed by atoms with E-state index in [1.807, 2.05) is 0 Å². The number of anilines is 2. The molecule has 0 bridgehead atoms. The number of phenols is 1. The molecule has 2 amide bonds. The van der Waals surface area contributed by atoms with Gasteiger partial charge >= 0.3 is 6.03 Å². The number of halogens is 3. The largest absolute Gasteiger partial charge is 0.504 e. The lowest BCUT2D eigenvalue weighted by Crippen LogP contribution is -2.27. The number of rotatable bonds is 7. The molecular formula is C16H17Cl3N4O4S. The van der Waals surface area contributed by atoms with Gasteiger partial charge in [-0.1, -0.05) is 40.9 Å². The monoisotopic (exact) mass is 466 g/mol. The van der Waals surface area contributed by atoms with E-state index in [0.717, 1.165) is 0 Å². The fourth-order valence-corrected chi connectivity index (χ4v) is 4.21. The molecule has 0 aliphatic carbocycles. The van der Waals surface area contributed by atoms with Crippen molar-refractivity contribution in [1.82, 2.24) is 4.72 Å². The van der Waals surface area contributed by atoms with Crippen molar-refractivity contribution in [2.75, 3.05) is 23.7 Å². The van der Waals surface area contributed by atoms with E-state index in [0.29, 0.717) is 6.42 Å². The van der Waals surface area contributed by atoms with Gasteiger partial charge in [0.1, 0.15) is 4.90 Å². The molecule has 0 saturated carbocycles. The van der Waals surface area contributed by atoms with Gasteiger partial charge in [-0.05, 0) is 37.2 Å². The highest BCUT2D eigenvalue weighted by Gasteiger charge is 2.25. The van der Waals surface area contributed by atoms with E-state index in [9.17, 15) is 18.3 Å². The van der Waals surface area contributed by atoms with Gasteiger partial charge < -0.3 is 21.5 Å². The maximum absolute atomic E-state index is 12.4. The van der Waals surface area contributed by atoms with Crippen molar-refractivity contribution < 1.29 is 18.3 Å². The summed E-state index contributed by atoms with van der Waals surface area (Å²) in [5.41, 5.74) is 5.40. The Labute approximate surface area is 177 Å². The maximum Gasteiger partial charge on any atom is 0.323 e. The molecule has 8 nitrogen and oxygen atoms in total. The van der Waals surface area contributed by atoms with Crippen LogP contribution in [0.15, 0.2) is 35.2 Å². The van der Waals surface area contributed by atoms with E-state index >= 15 is 0 Å². The van der Waals surface area contributed by atoms with E-state index in [1.165, 1.54) is 18.2 Å². The lowest BCUT2D eigenvalue weighted by molar-refractivity contribution is 0.262. The molecule has 0 unspecified atom stereocenters. The van der Waals surface area contributed by atoms with Gasteiger partial charge in [0.2, 0.25) is 10.0 Å². The molecule has 6 N–H and O–H groups in total. The minimum absolute atomic E-state index is 0.0695. The summed E-state index contributed by atoms with van der Waals surface area (Å²) in [5.74, 6) is -0.708. The zero-order valence-corrected chi connectivity index (χ0v) is 17.4. The Hall–Kier alpha value is -1.75. The number of carbonyl (C=O) groups is 1. The summed E-state index contributed by atoms with van der Waals surface area (Å²) in [6.45, 7) is 0.357. The highest BCUT2D eigenvalue weighted by Crippen LogP contribution is 2.37. The Kier molecular flexibility index (Phi) is 7.76. The zero-order valence-electron chi connectivity index (χ0n) is 14.3.